The zero-order chi connectivity index (χ0) is 12.1. The lowest BCUT2D eigenvalue weighted by atomic mass is 10.2. The van der Waals surface area contributed by atoms with E-state index in [4.69, 9.17) is 15.6 Å². The third-order valence-corrected chi connectivity index (χ3v) is 1.82. The zero-order valence-corrected chi connectivity index (χ0v) is 8.32. The van der Waals surface area contributed by atoms with E-state index in [-0.39, 0.29) is 18.7 Å². The third kappa shape index (κ3) is 3.47. The molecule has 16 heavy (non-hydrogen) atoms. The summed E-state index contributed by atoms with van der Waals surface area (Å²) in [5, 5.41) is 8.74. The topological polar surface area (TPSA) is 72.5 Å². The van der Waals surface area contributed by atoms with Gasteiger partial charge >= 0.3 is 5.97 Å². The van der Waals surface area contributed by atoms with Gasteiger partial charge < -0.3 is 15.6 Å². The molecule has 0 spiro atoms. The Morgan fingerprint density at radius 1 is 1.38 bits per heavy atom. The summed E-state index contributed by atoms with van der Waals surface area (Å²) < 4.78 is 30.5. The molecule has 0 aliphatic carbocycles. The Balaban J connectivity index is 2.80. The van der Waals surface area contributed by atoms with Crippen molar-refractivity contribution in [2.24, 2.45) is 5.73 Å². The van der Waals surface area contributed by atoms with E-state index in [1.807, 2.05) is 0 Å². The Hall–Kier alpha value is -1.69. The van der Waals surface area contributed by atoms with Gasteiger partial charge in [-0.2, -0.15) is 0 Å². The van der Waals surface area contributed by atoms with Gasteiger partial charge in [0.05, 0.1) is 0 Å². The van der Waals surface area contributed by atoms with Gasteiger partial charge in [0.15, 0.2) is 6.10 Å². The van der Waals surface area contributed by atoms with Crippen LogP contribution in [0.3, 0.4) is 0 Å². The van der Waals surface area contributed by atoms with Crippen LogP contribution >= 0.6 is 0 Å². The first-order chi connectivity index (χ1) is 7.52. The molecule has 1 unspecified atom stereocenters. The van der Waals surface area contributed by atoms with Crippen molar-refractivity contribution in [2.75, 3.05) is 6.54 Å². The quantitative estimate of drug-likeness (QED) is 0.797. The molecule has 0 saturated carbocycles. The predicted molar refractivity (Wildman–Crippen MR) is 52.1 cm³/mol. The van der Waals surface area contributed by atoms with Crippen molar-refractivity contribution in [1.29, 1.82) is 0 Å². The lowest BCUT2D eigenvalue weighted by molar-refractivity contribution is -0.145. The van der Waals surface area contributed by atoms with Crippen molar-refractivity contribution in [2.45, 2.75) is 12.5 Å². The molecule has 1 atom stereocenters. The molecular formula is C10H11F2NO3. The number of carboxylic acid groups (broad SMARTS) is 1. The molecule has 1 aromatic rings. The Morgan fingerprint density at radius 2 is 1.94 bits per heavy atom. The minimum absolute atomic E-state index is 0.0630. The lowest BCUT2D eigenvalue weighted by Crippen LogP contribution is -2.29. The minimum Gasteiger partial charge on any atom is -0.479 e. The van der Waals surface area contributed by atoms with Crippen molar-refractivity contribution >= 4 is 5.97 Å². The maximum absolute atomic E-state index is 12.8. The summed E-state index contributed by atoms with van der Waals surface area (Å²) in [6.07, 6.45) is -1.14. The summed E-state index contributed by atoms with van der Waals surface area (Å²) in [4.78, 5) is 10.7. The predicted octanol–water partition coefficient (Wildman–Crippen LogP) is 1.15. The Morgan fingerprint density at radius 3 is 2.38 bits per heavy atom. The number of hydrogen-bond acceptors (Lipinski definition) is 3. The SMILES string of the molecule is NCCC(Oc1cc(F)cc(F)c1)C(=O)O. The van der Waals surface area contributed by atoms with Gasteiger partial charge in [-0.25, -0.2) is 13.6 Å². The number of carboxylic acids is 1. The monoisotopic (exact) mass is 231 g/mol. The molecule has 1 rings (SSSR count). The fraction of sp³-hybridized carbons (Fsp3) is 0.300. The molecule has 1 aromatic carbocycles. The second-order valence-electron chi connectivity index (χ2n) is 3.13. The van der Waals surface area contributed by atoms with Crippen molar-refractivity contribution in [3.05, 3.63) is 29.8 Å². The molecule has 0 aliphatic heterocycles. The van der Waals surface area contributed by atoms with E-state index in [2.05, 4.69) is 0 Å². The maximum atomic E-state index is 12.8. The summed E-state index contributed by atoms with van der Waals surface area (Å²) >= 11 is 0. The van der Waals surface area contributed by atoms with E-state index in [1.165, 1.54) is 0 Å². The first kappa shape index (κ1) is 12.4. The van der Waals surface area contributed by atoms with Crippen LogP contribution < -0.4 is 10.5 Å². The molecule has 4 nitrogen and oxygen atoms in total. The fourth-order valence-electron chi connectivity index (χ4n) is 1.15. The second-order valence-corrected chi connectivity index (χ2v) is 3.13. The highest BCUT2D eigenvalue weighted by Crippen LogP contribution is 2.17. The number of nitrogens with two attached hydrogens (primary N) is 1. The lowest BCUT2D eigenvalue weighted by Gasteiger charge is -2.14. The van der Waals surface area contributed by atoms with Gasteiger partial charge in [-0.3, -0.25) is 0 Å². The van der Waals surface area contributed by atoms with E-state index in [0.29, 0.717) is 6.07 Å². The zero-order valence-electron chi connectivity index (χ0n) is 8.32. The maximum Gasteiger partial charge on any atom is 0.344 e. The van der Waals surface area contributed by atoms with Gasteiger partial charge in [-0.1, -0.05) is 0 Å². The van der Waals surface area contributed by atoms with E-state index in [0.717, 1.165) is 12.1 Å². The first-order valence-corrected chi connectivity index (χ1v) is 4.58. The summed E-state index contributed by atoms with van der Waals surface area (Å²) in [7, 11) is 0. The van der Waals surface area contributed by atoms with Gasteiger partial charge in [0.2, 0.25) is 0 Å². The number of ether oxygens (including phenoxy) is 1. The highest BCUT2D eigenvalue weighted by atomic mass is 19.1. The van der Waals surface area contributed by atoms with Gasteiger partial charge in [-0.15, -0.1) is 0 Å². The molecule has 0 aromatic heterocycles. The van der Waals surface area contributed by atoms with E-state index < -0.39 is 23.7 Å². The largest absolute Gasteiger partial charge is 0.479 e. The molecule has 3 N–H and O–H groups in total. The first-order valence-electron chi connectivity index (χ1n) is 4.58. The van der Waals surface area contributed by atoms with Crippen molar-refractivity contribution in [1.82, 2.24) is 0 Å². The summed E-state index contributed by atoms with van der Waals surface area (Å²) in [5.41, 5.74) is 5.19. The highest BCUT2D eigenvalue weighted by Gasteiger charge is 2.18. The average Bonchev–Trinajstić information content (AvgIpc) is 2.15. The average molecular weight is 231 g/mol. The van der Waals surface area contributed by atoms with Crippen LogP contribution in [0.15, 0.2) is 18.2 Å². The molecule has 0 saturated heterocycles. The standard InChI is InChI=1S/C10H11F2NO3/c11-6-3-7(12)5-8(4-6)16-9(1-2-13)10(14)15/h3-5,9H,1-2,13H2,(H,14,15). The van der Waals surface area contributed by atoms with Gasteiger partial charge in [0.25, 0.3) is 0 Å². The molecule has 0 bridgehead atoms. The van der Waals surface area contributed by atoms with Crippen LogP contribution in [-0.2, 0) is 4.79 Å². The number of carbonyl (C=O) groups is 1. The molecule has 88 valence electrons. The molecule has 0 amide bonds. The Labute approximate surface area is 90.6 Å². The molecule has 0 radical (unpaired) electrons. The van der Waals surface area contributed by atoms with Crippen LogP contribution in [0.5, 0.6) is 5.75 Å². The number of halogens is 2. The minimum atomic E-state index is -1.23. The van der Waals surface area contributed by atoms with Crippen LogP contribution in [0.4, 0.5) is 8.78 Å². The number of rotatable bonds is 5. The van der Waals surface area contributed by atoms with Crippen LogP contribution in [0.25, 0.3) is 0 Å². The molecular weight excluding hydrogens is 220 g/mol. The van der Waals surface area contributed by atoms with E-state index in [1.54, 1.807) is 0 Å². The molecule has 0 heterocycles. The number of aliphatic carboxylic acids is 1. The van der Waals surface area contributed by atoms with E-state index >= 15 is 0 Å². The second kappa shape index (κ2) is 5.41. The van der Waals surface area contributed by atoms with Crippen LogP contribution in [0.2, 0.25) is 0 Å². The molecule has 6 heteroatoms. The van der Waals surface area contributed by atoms with Crippen molar-refractivity contribution in [3.8, 4) is 5.75 Å². The molecule has 0 fully saturated rings. The van der Waals surface area contributed by atoms with Gasteiger partial charge in [0.1, 0.15) is 17.4 Å². The number of benzene rings is 1. The smallest absolute Gasteiger partial charge is 0.344 e. The van der Waals surface area contributed by atoms with Gasteiger partial charge in [0, 0.05) is 24.6 Å². The Kier molecular flexibility index (Phi) is 4.19. The van der Waals surface area contributed by atoms with Crippen molar-refractivity contribution in [3.63, 3.8) is 0 Å². The third-order valence-electron chi connectivity index (χ3n) is 1.82. The van der Waals surface area contributed by atoms with Crippen LogP contribution in [0.1, 0.15) is 6.42 Å². The Bertz CT molecular complexity index is 364. The highest BCUT2D eigenvalue weighted by molar-refractivity contribution is 5.72. The van der Waals surface area contributed by atoms with Gasteiger partial charge in [-0.05, 0) is 6.54 Å². The normalized spacial score (nSPS) is 12.2. The molecule has 0 aliphatic rings. The fourth-order valence-corrected chi connectivity index (χ4v) is 1.15. The van der Waals surface area contributed by atoms with E-state index in [9.17, 15) is 13.6 Å². The van der Waals surface area contributed by atoms with Crippen molar-refractivity contribution < 1.29 is 23.4 Å². The summed E-state index contributed by atoms with van der Waals surface area (Å²) in [6.45, 7) is 0.106. The van der Waals surface area contributed by atoms with Crippen LogP contribution in [-0.4, -0.2) is 23.7 Å². The van der Waals surface area contributed by atoms with Crippen LogP contribution in [0, 0.1) is 11.6 Å². The number of hydrogen-bond donors (Lipinski definition) is 2. The summed E-state index contributed by atoms with van der Waals surface area (Å²) in [6, 6.07) is 2.50. The summed E-state index contributed by atoms with van der Waals surface area (Å²) in [5.74, 6) is -3.05.